The lowest BCUT2D eigenvalue weighted by atomic mass is 9.96. The van der Waals surface area contributed by atoms with E-state index in [-0.39, 0.29) is 29.8 Å². The van der Waals surface area contributed by atoms with Crippen molar-refractivity contribution in [3.63, 3.8) is 0 Å². The van der Waals surface area contributed by atoms with Crippen LogP contribution in [0.15, 0.2) is 11.0 Å². The number of carbonyl (C=O) groups excluding carboxylic acids is 1. The zero-order chi connectivity index (χ0) is 20.2. The van der Waals surface area contributed by atoms with Crippen molar-refractivity contribution in [2.45, 2.75) is 45.6 Å². The molecule has 1 fully saturated rings. The van der Waals surface area contributed by atoms with E-state index in [1.807, 2.05) is 13.8 Å². The van der Waals surface area contributed by atoms with Gasteiger partial charge >= 0.3 is 11.8 Å². The number of rotatable bonds is 6. The van der Waals surface area contributed by atoms with Crippen LogP contribution in [0.2, 0.25) is 0 Å². The largest absolute Gasteiger partial charge is 0.449 e. The first-order valence-corrected chi connectivity index (χ1v) is 8.53. The molecular formula is C18H25N3O6. The Morgan fingerprint density at radius 3 is 2.81 bits per heavy atom. The van der Waals surface area contributed by atoms with Gasteiger partial charge in [0.1, 0.15) is 12.8 Å². The van der Waals surface area contributed by atoms with Gasteiger partial charge in [0.15, 0.2) is 5.82 Å². The van der Waals surface area contributed by atoms with Crippen molar-refractivity contribution >= 4 is 11.9 Å². The Morgan fingerprint density at radius 2 is 2.26 bits per heavy atom. The maximum atomic E-state index is 12.3. The molecule has 0 radical (unpaired) electrons. The van der Waals surface area contributed by atoms with Crippen LogP contribution < -0.4 is 11.0 Å². The lowest BCUT2D eigenvalue weighted by molar-refractivity contribution is -0.0100. The highest BCUT2D eigenvalue weighted by Gasteiger charge is 2.33. The van der Waals surface area contributed by atoms with Crippen molar-refractivity contribution < 1.29 is 24.1 Å². The summed E-state index contributed by atoms with van der Waals surface area (Å²) in [5, 5.41) is 12.2. The summed E-state index contributed by atoms with van der Waals surface area (Å²) in [4.78, 5) is 28.2. The molecule has 0 aromatic carbocycles. The molecular weight excluding hydrogens is 354 g/mol. The van der Waals surface area contributed by atoms with Crippen LogP contribution in [0.3, 0.4) is 0 Å². The Hall–Kier alpha value is -2.41. The van der Waals surface area contributed by atoms with E-state index >= 15 is 0 Å². The molecule has 148 valence electrons. The van der Waals surface area contributed by atoms with Gasteiger partial charge in [-0.25, -0.2) is 9.59 Å². The Bertz CT molecular complexity index is 772. The number of hydrogen-bond acceptors (Lipinski definition) is 7. The minimum absolute atomic E-state index is 0.0695. The summed E-state index contributed by atoms with van der Waals surface area (Å²) in [6.07, 6.45) is 4.56. The maximum absolute atomic E-state index is 12.3. The lowest BCUT2D eigenvalue weighted by Gasteiger charge is -2.23. The maximum Gasteiger partial charge on any atom is 0.412 e. The molecule has 9 nitrogen and oxygen atoms in total. The SMILES string of the molecule is C#Cc1cn(C2CC(O)C(C)O2)c(=O)nc1NC(=O)OCC(C)(C)COC. The lowest BCUT2D eigenvalue weighted by Crippen LogP contribution is -2.31. The van der Waals surface area contributed by atoms with Crippen LogP contribution in [0.4, 0.5) is 10.6 Å². The highest BCUT2D eigenvalue weighted by molar-refractivity contribution is 5.84. The molecule has 1 aliphatic rings. The zero-order valence-electron chi connectivity index (χ0n) is 15.9. The molecule has 1 saturated heterocycles. The van der Waals surface area contributed by atoms with Crippen molar-refractivity contribution in [3.8, 4) is 12.3 Å². The molecule has 1 aromatic heterocycles. The van der Waals surface area contributed by atoms with E-state index in [0.717, 1.165) is 0 Å². The minimum Gasteiger partial charge on any atom is -0.449 e. The van der Waals surface area contributed by atoms with Crippen molar-refractivity contribution in [1.29, 1.82) is 0 Å². The Balaban J connectivity index is 2.12. The summed E-state index contributed by atoms with van der Waals surface area (Å²) < 4.78 is 17.0. The molecule has 0 saturated carbocycles. The normalized spacial score (nSPS) is 22.3. The number of aliphatic hydroxyl groups excluding tert-OH is 1. The average Bonchev–Trinajstić information content (AvgIpc) is 2.92. The van der Waals surface area contributed by atoms with E-state index in [1.54, 1.807) is 14.0 Å². The van der Waals surface area contributed by atoms with Gasteiger partial charge in [-0.2, -0.15) is 4.98 Å². The van der Waals surface area contributed by atoms with Crippen LogP contribution in [0, 0.1) is 17.8 Å². The van der Waals surface area contributed by atoms with Gasteiger partial charge in [0.25, 0.3) is 0 Å². The minimum atomic E-state index is -0.776. The number of aromatic nitrogens is 2. The number of hydrogen-bond donors (Lipinski definition) is 2. The molecule has 1 aliphatic heterocycles. The number of ether oxygens (including phenoxy) is 3. The number of amides is 1. The summed E-state index contributed by atoms with van der Waals surface area (Å²) in [7, 11) is 1.56. The smallest absolute Gasteiger partial charge is 0.412 e. The monoisotopic (exact) mass is 379 g/mol. The van der Waals surface area contributed by atoms with Gasteiger partial charge in [0.05, 0.1) is 24.4 Å². The van der Waals surface area contributed by atoms with E-state index in [2.05, 4.69) is 16.2 Å². The molecule has 1 amide bonds. The number of terminal acetylenes is 1. The van der Waals surface area contributed by atoms with Gasteiger partial charge in [0.2, 0.25) is 0 Å². The fourth-order valence-electron chi connectivity index (χ4n) is 2.67. The number of methoxy groups -OCH3 is 1. The molecule has 2 N–H and O–H groups in total. The van der Waals surface area contributed by atoms with Gasteiger partial charge in [-0.1, -0.05) is 19.8 Å². The Labute approximate surface area is 157 Å². The van der Waals surface area contributed by atoms with Gasteiger partial charge in [0, 0.05) is 25.1 Å². The third kappa shape index (κ3) is 5.29. The highest BCUT2D eigenvalue weighted by atomic mass is 16.6. The second kappa shape index (κ2) is 8.52. The van der Waals surface area contributed by atoms with E-state index in [4.69, 9.17) is 20.6 Å². The molecule has 2 heterocycles. The fourth-order valence-corrected chi connectivity index (χ4v) is 2.67. The van der Waals surface area contributed by atoms with Crippen molar-refractivity contribution in [2.24, 2.45) is 5.41 Å². The van der Waals surface area contributed by atoms with Crippen molar-refractivity contribution in [2.75, 3.05) is 25.6 Å². The molecule has 1 aromatic rings. The van der Waals surface area contributed by atoms with Crippen LogP contribution in [0.25, 0.3) is 0 Å². The summed E-state index contributed by atoms with van der Waals surface area (Å²) >= 11 is 0. The van der Waals surface area contributed by atoms with Gasteiger partial charge < -0.3 is 19.3 Å². The molecule has 3 unspecified atom stereocenters. The molecule has 0 spiro atoms. The van der Waals surface area contributed by atoms with E-state index < -0.39 is 30.2 Å². The number of nitrogens with zero attached hydrogens (tertiary/aromatic N) is 2. The molecule has 3 atom stereocenters. The molecule has 0 aliphatic carbocycles. The number of nitrogens with one attached hydrogen (secondary N) is 1. The van der Waals surface area contributed by atoms with Crippen molar-refractivity contribution in [1.82, 2.24) is 9.55 Å². The molecule has 9 heteroatoms. The van der Waals surface area contributed by atoms with Gasteiger partial charge in [-0.3, -0.25) is 9.88 Å². The van der Waals surface area contributed by atoms with E-state index in [0.29, 0.717) is 6.61 Å². The van der Waals surface area contributed by atoms with Crippen LogP contribution in [-0.2, 0) is 14.2 Å². The van der Waals surface area contributed by atoms with E-state index in [1.165, 1.54) is 10.8 Å². The first-order chi connectivity index (χ1) is 12.7. The highest BCUT2D eigenvalue weighted by Crippen LogP contribution is 2.27. The predicted molar refractivity (Wildman–Crippen MR) is 97.3 cm³/mol. The summed E-state index contributed by atoms with van der Waals surface area (Å²) in [6.45, 7) is 6.00. The first-order valence-electron chi connectivity index (χ1n) is 8.53. The van der Waals surface area contributed by atoms with Crippen LogP contribution in [0.5, 0.6) is 0 Å². The third-order valence-corrected chi connectivity index (χ3v) is 4.12. The van der Waals surface area contributed by atoms with Gasteiger partial charge in [-0.05, 0) is 6.92 Å². The average molecular weight is 379 g/mol. The van der Waals surface area contributed by atoms with Crippen LogP contribution in [0.1, 0.15) is 39.0 Å². The Morgan fingerprint density at radius 1 is 1.56 bits per heavy atom. The third-order valence-electron chi connectivity index (χ3n) is 4.12. The standard InChI is InChI=1S/C18H25N3O6/c1-6-12-8-21(14-7-13(22)11(2)27-14)16(23)19-15(12)20-17(24)26-10-18(3,4)9-25-5/h1,8,11,13-14,22H,7,9-10H2,2-5H3,(H,19,20,23,24). The van der Waals surface area contributed by atoms with E-state index in [9.17, 15) is 14.7 Å². The van der Waals surface area contributed by atoms with Gasteiger partial charge in [-0.15, -0.1) is 6.42 Å². The molecule has 27 heavy (non-hydrogen) atoms. The Kier molecular flexibility index (Phi) is 6.59. The number of anilines is 1. The molecule has 0 bridgehead atoms. The summed E-state index contributed by atoms with van der Waals surface area (Å²) in [5.41, 5.74) is -0.828. The quantitative estimate of drug-likeness (QED) is 0.712. The molecule has 2 rings (SSSR count). The predicted octanol–water partition coefficient (Wildman–Crippen LogP) is 1.11. The first kappa shape index (κ1) is 20.9. The second-order valence-electron chi connectivity index (χ2n) is 7.23. The van der Waals surface area contributed by atoms with Crippen LogP contribution in [-0.4, -0.2) is 53.3 Å². The second-order valence-corrected chi connectivity index (χ2v) is 7.23. The van der Waals surface area contributed by atoms with Crippen LogP contribution >= 0.6 is 0 Å². The zero-order valence-corrected chi connectivity index (χ0v) is 15.9. The topological polar surface area (TPSA) is 112 Å². The fraction of sp³-hybridized carbons (Fsp3) is 0.611. The summed E-state index contributed by atoms with van der Waals surface area (Å²) in [6, 6.07) is 0. The number of carbonyl (C=O) groups is 1. The van der Waals surface area contributed by atoms with Crippen molar-refractivity contribution in [3.05, 3.63) is 22.2 Å². The number of aliphatic hydroxyl groups is 1. The summed E-state index contributed by atoms with van der Waals surface area (Å²) in [5.74, 6) is 2.31.